The van der Waals surface area contributed by atoms with Crippen LogP contribution in [0.2, 0.25) is 0 Å². The lowest BCUT2D eigenvalue weighted by atomic mass is 10.7. The Balaban J connectivity index is 0.000000165. The Morgan fingerprint density at radius 1 is 1.00 bits per heavy atom. The standard InChI is InChI=1S/C3H3F2N3S.C3H5N3S/c4-1(5)2-6-3(9)8-7-2;1-2-4-3(7)6-5-2/h1H,(H2,6,7,8,9);1H3,(H2,4,5,6,7). The first kappa shape index (κ1) is 12.6. The van der Waals surface area contributed by atoms with E-state index in [4.69, 9.17) is 0 Å². The van der Waals surface area contributed by atoms with Gasteiger partial charge in [0.1, 0.15) is 5.82 Å². The number of alkyl halides is 2. The molecule has 0 bridgehead atoms. The van der Waals surface area contributed by atoms with Gasteiger partial charge in [-0.25, -0.2) is 13.8 Å². The molecule has 6 nitrogen and oxygen atoms in total. The van der Waals surface area contributed by atoms with Gasteiger partial charge in [0.05, 0.1) is 0 Å². The van der Waals surface area contributed by atoms with Crippen molar-refractivity contribution < 1.29 is 8.78 Å². The summed E-state index contributed by atoms with van der Waals surface area (Å²) in [4.78, 5) is 7.08. The number of halogens is 2. The highest BCUT2D eigenvalue weighted by molar-refractivity contribution is 7.71. The Hall–Kier alpha value is -1.42. The summed E-state index contributed by atoms with van der Waals surface area (Å²) in [5, 5.41) is 9.74. The number of nitrogens with one attached hydrogen (secondary N) is 4. The molecule has 0 aliphatic heterocycles. The number of H-pyrrole nitrogens is 4. The highest BCUT2D eigenvalue weighted by atomic mass is 32.1. The monoisotopic (exact) mass is 266 g/mol. The molecule has 0 aliphatic rings. The summed E-state index contributed by atoms with van der Waals surface area (Å²) in [6.45, 7) is 1.84. The second kappa shape index (κ2) is 5.61. The third-order valence-corrected chi connectivity index (χ3v) is 1.73. The third-order valence-electron chi connectivity index (χ3n) is 1.35. The van der Waals surface area contributed by atoms with Crippen molar-refractivity contribution in [1.29, 1.82) is 0 Å². The number of hydrogen-bond donors (Lipinski definition) is 4. The van der Waals surface area contributed by atoms with E-state index in [2.05, 4.69) is 54.8 Å². The van der Waals surface area contributed by atoms with Crippen molar-refractivity contribution in [3.05, 3.63) is 21.2 Å². The Kier molecular flexibility index (Phi) is 4.43. The molecule has 0 spiro atoms. The fourth-order valence-electron chi connectivity index (χ4n) is 0.738. The van der Waals surface area contributed by atoms with Crippen LogP contribution in [0.15, 0.2) is 0 Å². The molecule has 0 saturated heterocycles. The van der Waals surface area contributed by atoms with Gasteiger partial charge in [-0.3, -0.25) is 20.4 Å². The van der Waals surface area contributed by atoms with E-state index < -0.39 is 12.2 Å². The van der Waals surface area contributed by atoms with Gasteiger partial charge < -0.3 is 0 Å². The van der Waals surface area contributed by atoms with Crippen LogP contribution in [0.3, 0.4) is 0 Å². The summed E-state index contributed by atoms with van der Waals surface area (Å²) in [6, 6.07) is 0. The van der Waals surface area contributed by atoms with Crippen molar-refractivity contribution in [1.82, 2.24) is 30.4 Å². The van der Waals surface area contributed by atoms with Gasteiger partial charge in [-0.15, -0.1) is 0 Å². The molecule has 16 heavy (non-hydrogen) atoms. The third kappa shape index (κ3) is 3.98. The van der Waals surface area contributed by atoms with Gasteiger partial charge in [-0.2, -0.15) is 4.98 Å². The molecule has 0 saturated carbocycles. The predicted octanol–water partition coefficient (Wildman–Crippen LogP) is 2.18. The van der Waals surface area contributed by atoms with Crippen molar-refractivity contribution >= 4 is 24.4 Å². The fraction of sp³-hybridized carbons (Fsp3) is 0.333. The average molecular weight is 266 g/mol. The Labute approximate surface area is 98.5 Å². The maximum Gasteiger partial charge on any atom is 0.296 e. The number of hydrogen-bond acceptors (Lipinski definition) is 4. The molecule has 0 aliphatic carbocycles. The molecule has 10 heteroatoms. The van der Waals surface area contributed by atoms with Crippen molar-refractivity contribution in [2.24, 2.45) is 0 Å². The zero-order valence-electron chi connectivity index (χ0n) is 8.04. The normalized spacial score (nSPS) is 10.0. The summed E-state index contributed by atoms with van der Waals surface area (Å²) in [7, 11) is 0. The van der Waals surface area contributed by atoms with E-state index in [9.17, 15) is 8.78 Å². The summed E-state index contributed by atoms with van der Waals surface area (Å²) >= 11 is 9.06. The number of aromatic amines is 4. The second-order valence-electron chi connectivity index (χ2n) is 2.61. The molecule has 0 fully saturated rings. The van der Waals surface area contributed by atoms with Crippen molar-refractivity contribution in [3.8, 4) is 0 Å². The number of nitrogens with zero attached hydrogens (tertiary/aromatic N) is 2. The maximum absolute atomic E-state index is 11.6. The zero-order valence-corrected chi connectivity index (χ0v) is 9.68. The van der Waals surface area contributed by atoms with Crippen LogP contribution in [0.25, 0.3) is 0 Å². The first-order chi connectivity index (χ1) is 7.49. The number of rotatable bonds is 1. The fourth-order valence-corrected chi connectivity index (χ4v) is 1.08. The van der Waals surface area contributed by atoms with Gasteiger partial charge in [-0.1, -0.05) is 0 Å². The molecule has 0 aromatic carbocycles. The van der Waals surface area contributed by atoms with E-state index >= 15 is 0 Å². The first-order valence-corrected chi connectivity index (χ1v) is 4.84. The van der Waals surface area contributed by atoms with E-state index in [0.717, 1.165) is 5.82 Å². The van der Waals surface area contributed by atoms with Crippen LogP contribution in [0, 0.1) is 16.5 Å². The highest BCUT2D eigenvalue weighted by Crippen LogP contribution is 2.11. The Morgan fingerprint density at radius 3 is 1.75 bits per heavy atom. The summed E-state index contributed by atoms with van der Waals surface area (Å²) in [5.41, 5.74) is 0. The minimum atomic E-state index is -2.59. The molecular formula is C6H8F2N6S2. The molecule has 2 heterocycles. The van der Waals surface area contributed by atoms with E-state index in [1.54, 1.807) is 0 Å². The average Bonchev–Trinajstić information content (AvgIpc) is 2.76. The van der Waals surface area contributed by atoms with Gasteiger partial charge >= 0.3 is 0 Å². The second-order valence-corrected chi connectivity index (χ2v) is 3.38. The zero-order chi connectivity index (χ0) is 12.1. The van der Waals surface area contributed by atoms with E-state index in [1.165, 1.54) is 0 Å². The minimum Gasteiger partial charge on any atom is -0.286 e. The predicted molar refractivity (Wildman–Crippen MR) is 57.2 cm³/mol. The summed E-state index contributed by atoms with van der Waals surface area (Å²) in [5.74, 6) is 0.407. The molecule has 2 rings (SSSR count). The van der Waals surface area contributed by atoms with Crippen LogP contribution in [0.1, 0.15) is 18.1 Å². The molecule has 88 valence electrons. The Bertz CT molecular complexity index is 537. The smallest absolute Gasteiger partial charge is 0.286 e. The minimum absolute atomic E-state index is 0.0466. The summed E-state index contributed by atoms with van der Waals surface area (Å²) < 4.78 is 23.8. The quantitative estimate of drug-likeness (QED) is 0.596. The van der Waals surface area contributed by atoms with E-state index in [1.807, 2.05) is 6.92 Å². The molecule has 0 atom stereocenters. The van der Waals surface area contributed by atoms with Gasteiger partial charge in [0.2, 0.25) is 9.54 Å². The molecular weight excluding hydrogens is 258 g/mol. The van der Waals surface area contributed by atoms with Crippen LogP contribution in [0.4, 0.5) is 8.78 Å². The van der Waals surface area contributed by atoms with E-state index in [-0.39, 0.29) is 4.77 Å². The van der Waals surface area contributed by atoms with E-state index in [0.29, 0.717) is 4.77 Å². The number of aryl methyl sites for hydroxylation is 1. The molecule has 0 radical (unpaired) electrons. The highest BCUT2D eigenvalue weighted by Gasteiger charge is 2.08. The molecule has 0 unspecified atom stereocenters. The van der Waals surface area contributed by atoms with Crippen LogP contribution in [-0.4, -0.2) is 30.4 Å². The number of aromatic nitrogens is 6. The molecule has 4 N–H and O–H groups in total. The summed E-state index contributed by atoms with van der Waals surface area (Å²) in [6.07, 6.45) is -2.59. The Morgan fingerprint density at radius 2 is 1.56 bits per heavy atom. The SMILES string of the molecule is Cc1nc(=S)[nH][nH]1.FC(F)c1nc(=S)[nH][nH]1. The largest absolute Gasteiger partial charge is 0.296 e. The lowest BCUT2D eigenvalue weighted by Gasteiger charge is -1.86. The topological polar surface area (TPSA) is 88.9 Å². The van der Waals surface area contributed by atoms with Crippen LogP contribution in [-0.2, 0) is 0 Å². The van der Waals surface area contributed by atoms with Crippen molar-refractivity contribution in [3.63, 3.8) is 0 Å². The van der Waals surface area contributed by atoms with Crippen LogP contribution < -0.4 is 0 Å². The lowest BCUT2D eigenvalue weighted by molar-refractivity contribution is 0.141. The van der Waals surface area contributed by atoms with Gasteiger partial charge in [-0.05, 0) is 31.4 Å². The maximum atomic E-state index is 11.6. The lowest BCUT2D eigenvalue weighted by Crippen LogP contribution is -1.85. The van der Waals surface area contributed by atoms with Crippen LogP contribution in [0.5, 0.6) is 0 Å². The van der Waals surface area contributed by atoms with Gasteiger partial charge in [0.25, 0.3) is 6.43 Å². The molecule has 2 aromatic rings. The van der Waals surface area contributed by atoms with Gasteiger partial charge in [0.15, 0.2) is 5.82 Å². The van der Waals surface area contributed by atoms with Gasteiger partial charge in [0, 0.05) is 0 Å². The molecule has 2 aromatic heterocycles. The molecule has 0 amide bonds. The first-order valence-electron chi connectivity index (χ1n) is 4.03. The van der Waals surface area contributed by atoms with Crippen molar-refractivity contribution in [2.75, 3.05) is 0 Å². The van der Waals surface area contributed by atoms with Crippen molar-refractivity contribution in [2.45, 2.75) is 13.3 Å². The van der Waals surface area contributed by atoms with Crippen LogP contribution >= 0.6 is 24.4 Å².